The van der Waals surface area contributed by atoms with Crippen molar-refractivity contribution in [1.82, 2.24) is 19.7 Å². The lowest BCUT2D eigenvalue weighted by molar-refractivity contribution is -0.117. The van der Waals surface area contributed by atoms with Gasteiger partial charge >= 0.3 is 0 Å². The van der Waals surface area contributed by atoms with Crippen molar-refractivity contribution < 1.29 is 13.9 Å². The zero-order chi connectivity index (χ0) is 19.4. The van der Waals surface area contributed by atoms with Gasteiger partial charge in [-0.25, -0.2) is 14.1 Å². The molecule has 2 N–H and O–H groups in total. The van der Waals surface area contributed by atoms with E-state index in [1.54, 1.807) is 12.1 Å². The summed E-state index contributed by atoms with van der Waals surface area (Å²) in [5.41, 5.74) is 7.46. The second kappa shape index (κ2) is 7.94. The van der Waals surface area contributed by atoms with Gasteiger partial charge in [0.15, 0.2) is 11.6 Å². The van der Waals surface area contributed by atoms with Crippen LogP contribution in [0, 0.1) is 12.7 Å². The van der Waals surface area contributed by atoms with Crippen LogP contribution in [0.4, 0.5) is 4.39 Å². The number of halogens is 1. The Morgan fingerprint density at radius 1 is 1.26 bits per heavy atom. The minimum Gasteiger partial charge on any atom is -0.484 e. The molecule has 0 unspecified atom stereocenters. The fourth-order valence-corrected chi connectivity index (χ4v) is 2.66. The topological polar surface area (TPSA) is 95.9 Å². The Balaban J connectivity index is 1.91. The number of benzene rings is 1. The molecule has 0 fully saturated rings. The molecule has 0 spiro atoms. The standard InChI is InChI=1S/C19H20FN5O2/c1-3-15-16(8-7-12(2)22-15)27-11-19-23-18(10-17(21)26)24-25(19)14-6-4-5-13(20)9-14/h4-9H,3,10-11H2,1-2H3,(H2,21,26). The van der Waals surface area contributed by atoms with E-state index in [1.807, 2.05) is 26.0 Å². The van der Waals surface area contributed by atoms with E-state index in [2.05, 4.69) is 15.1 Å². The van der Waals surface area contributed by atoms with E-state index < -0.39 is 11.7 Å². The van der Waals surface area contributed by atoms with Gasteiger partial charge in [0.25, 0.3) is 0 Å². The zero-order valence-corrected chi connectivity index (χ0v) is 15.1. The van der Waals surface area contributed by atoms with Crippen LogP contribution in [0.1, 0.15) is 30.0 Å². The summed E-state index contributed by atoms with van der Waals surface area (Å²) in [6.45, 7) is 3.99. The maximum Gasteiger partial charge on any atom is 0.225 e. The molecule has 0 bridgehead atoms. The largest absolute Gasteiger partial charge is 0.484 e. The molecular formula is C19H20FN5O2. The second-order valence-corrected chi connectivity index (χ2v) is 6.02. The van der Waals surface area contributed by atoms with Crippen LogP contribution in [0.2, 0.25) is 0 Å². The zero-order valence-electron chi connectivity index (χ0n) is 15.1. The van der Waals surface area contributed by atoms with Crippen LogP contribution in [0.15, 0.2) is 36.4 Å². The first-order chi connectivity index (χ1) is 13.0. The van der Waals surface area contributed by atoms with E-state index in [4.69, 9.17) is 10.5 Å². The molecule has 0 atom stereocenters. The van der Waals surface area contributed by atoms with E-state index in [1.165, 1.54) is 16.8 Å². The van der Waals surface area contributed by atoms with Crippen LogP contribution in [0.5, 0.6) is 5.75 Å². The Morgan fingerprint density at radius 3 is 2.78 bits per heavy atom. The average Bonchev–Trinajstić information content (AvgIpc) is 3.02. The number of hydrogen-bond donors (Lipinski definition) is 1. The molecule has 0 saturated carbocycles. The Morgan fingerprint density at radius 2 is 2.07 bits per heavy atom. The Labute approximate surface area is 156 Å². The summed E-state index contributed by atoms with van der Waals surface area (Å²) in [5.74, 6) is 0.383. The van der Waals surface area contributed by atoms with E-state index in [0.717, 1.165) is 17.8 Å². The second-order valence-electron chi connectivity index (χ2n) is 6.02. The number of primary amides is 1. The van der Waals surface area contributed by atoms with Crippen LogP contribution in [-0.4, -0.2) is 25.7 Å². The summed E-state index contributed by atoms with van der Waals surface area (Å²) >= 11 is 0. The number of rotatable bonds is 7. The number of carbonyl (C=O) groups is 1. The molecule has 3 aromatic rings. The van der Waals surface area contributed by atoms with Crippen molar-refractivity contribution in [1.29, 1.82) is 0 Å². The van der Waals surface area contributed by atoms with Crippen molar-refractivity contribution in [3.8, 4) is 11.4 Å². The molecule has 1 aromatic carbocycles. The Hall–Kier alpha value is -3.29. The highest BCUT2D eigenvalue weighted by Crippen LogP contribution is 2.20. The SMILES string of the molecule is CCc1nc(C)ccc1OCc1nc(CC(N)=O)nn1-c1cccc(F)c1. The molecule has 27 heavy (non-hydrogen) atoms. The highest BCUT2D eigenvalue weighted by Gasteiger charge is 2.15. The third kappa shape index (κ3) is 4.46. The van der Waals surface area contributed by atoms with Crippen LogP contribution in [0.3, 0.4) is 0 Å². The van der Waals surface area contributed by atoms with Gasteiger partial charge < -0.3 is 10.5 Å². The van der Waals surface area contributed by atoms with Crippen molar-refractivity contribution >= 4 is 5.91 Å². The van der Waals surface area contributed by atoms with E-state index >= 15 is 0 Å². The van der Waals surface area contributed by atoms with Gasteiger partial charge in [0, 0.05) is 5.69 Å². The van der Waals surface area contributed by atoms with Gasteiger partial charge in [-0.1, -0.05) is 13.0 Å². The third-order valence-electron chi connectivity index (χ3n) is 3.87. The van der Waals surface area contributed by atoms with Crippen LogP contribution < -0.4 is 10.5 Å². The molecular weight excluding hydrogens is 349 g/mol. The van der Waals surface area contributed by atoms with Crippen molar-refractivity contribution in [2.45, 2.75) is 33.3 Å². The van der Waals surface area contributed by atoms with E-state index in [9.17, 15) is 9.18 Å². The molecule has 7 nitrogen and oxygen atoms in total. The van der Waals surface area contributed by atoms with Gasteiger partial charge in [0.2, 0.25) is 5.91 Å². The van der Waals surface area contributed by atoms with Crippen molar-refractivity contribution in [2.24, 2.45) is 5.73 Å². The summed E-state index contributed by atoms with van der Waals surface area (Å²) in [7, 11) is 0. The molecule has 0 aliphatic rings. The third-order valence-corrected chi connectivity index (χ3v) is 3.87. The van der Waals surface area contributed by atoms with Gasteiger partial charge in [-0.3, -0.25) is 9.78 Å². The van der Waals surface area contributed by atoms with Gasteiger partial charge in [-0.2, -0.15) is 5.10 Å². The summed E-state index contributed by atoms with van der Waals surface area (Å²) in [4.78, 5) is 20.0. The minimum atomic E-state index is -0.546. The molecule has 0 radical (unpaired) electrons. The molecule has 0 aliphatic heterocycles. The fourth-order valence-electron chi connectivity index (χ4n) is 2.66. The molecule has 0 saturated heterocycles. The van der Waals surface area contributed by atoms with Gasteiger partial charge in [0.05, 0.1) is 17.8 Å². The summed E-state index contributed by atoms with van der Waals surface area (Å²) in [5, 5.41) is 4.27. The first-order valence-corrected chi connectivity index (χ1v) is 8.54. The lowest BCUT2D eigenvalue weighted by atomic mass is 10.2. The maximum absolute atomic E-state index is 13.6. The predicted octanol–water partition coefficient (Wildman–Crippen LogP) is 2.28. The van der Waals surface area contributed by atoms with Crippen LogP contribution in [-0.2, 0) is 24.2 Å². The van der Waals surface area contributed by atoms with Gasteiger partial charge in [0.1, 0.15) is 18.2 Å². The lowest BCUT2D eigenvalue weighted by Gasteiger charge is -2.11. The van der Waals surface area contributed by atoms with Crippen molar-refractivity contribution in [3.05, 3.63) is 65.3 Å². The van der Waals surface area contributed by atoms with Gasteiger partial charge in [-0.15, -0.1) is 0 Å². The van der Waals surface area contributed by atoms with Crippen LogP contribution >= 0.6 is 0 Å². The number of hydrogen-bond acceptors (Lipinski definition) is 5. The monoisotopic (exact) mass is 369 g/mol. The fraction of sp³-hybridized carbons (Fsp3) is 0.263. The van der Waals surface area contributed by atoms with E-state index in [-0.39, 0.29) is 18.9 Å². The quantitative estimate of drug-likeness (QED) is 0.689. The number of nitrogens with zero attached hydrogens (tertiary/aromatic N) is 4. The Bertz CT molecular complexity index is 970. The summed E-state index contributed by atoms with van der Waals surface area (Å²) < 4.78 is 21.0. The highest BCUT2D eigenvalue weighted by atomic mass is 19.1. The molecule has 2 aromatic heterocycles. The summed E-state index contributed by atoms with van der Waals surface area (Å²) in [6, 6.07) is 9.66. The first kappa shape index (κ1) is 18.5. The Kier molecular flexibility index (Phi) is 5.44. The smallest absolute Gasteiger partial charge is 0.225 e. The maximum atomic E-state index is 13.6. The normalized spacial score (nSPS) is 10.8. The number of nitrogens with two attached hydrogens (primary N) is 1. The molecule has 2 heterocycles. The van der Waals surface area contributed by atoms with Crippen molar-refractivity contribution in [3.63, 3.8) is 0 Å². The number of aryl methyl sites for hydroxylation is 2. The van der Waals surface area contributed by atoms with Gasteiger partial charge in [-0.05, 0) is 43.7 Å². The predicted molar refractivity (Wildman–Crippen MR) is 96.9 cm³/mol. The molecule has 3 rings (SSSR count). The molecule has 140 valence electrons. The highest BCUT2D eigenvalue weighted by molar-refractivity contribution is 5.75. The first-order valence-electron chi connectivity index (χ1n) is 8.54. The number of ether oxygens (including phenoxy) is 1. The number of amides is 1. The number of aromatic nitrogens is 4. The number of pyridine rings is 1. The van der Waals surface area contributed by atoms with Crippen LogP contribution in [0.25, 0.3) is 5.69 Å². The van der Waals surface area contributed by atoms with E-state index in [0.29, 0.717) is 17.3 Å². The average molecular weight is 369 g/mol. The molecule has 0 aliphatic carbocycles. The molecule has 1 amide bonds. The van der Waals surface area contributed by atoms with Crippen molar-refractivity contribution in [2.75, 3.05) is 0 Å². The number of carbonyl (C=O) groups excluding carboxylic acids is 1. The summed E-state index contributed by atoms with van der Waals surface area (Å²) in [6.07, 6.45) is 0.613. The molecule has 8 heteroatoms. The lowest BCUT2D eigenvalue weighted by Crippen LogP contribution is -2.14. The minimum absolute atomic E-state index is 0.0833.